The standard InChI is InChI=1S/C16H24O4/c1-15(2)13-11(20-13)6-7-16(15,14(17)18)8-9-4-3-5-10-12(9)19-10/h9-13H,3-8H2,1-2H3,(H,17,18). The lowest BCUT2D eigenvalue weighted by Gasteiger charge is -2.47. The monoisotopic (exact) mass is 280 g/mol. The molecule has 4 nitrogen and oxygen atoms in total. The van der Waals surface area contributed by atoms with Gasteiger partial charge in [0, 0.05) is 5.41 Å². The summed E-state index contributed by atoms with van der Waals surface area (Å²) in [7, 11) is 0. The Morgan fingerprint density at radius 1 is 1.20 bits per heavy atom. The van der Waals surface area contributed by atoms with Gasteiger partial charge in [-0.15, -0.1) is 0 Å². The van der Waals surface area contributed by atoms with Gasteiger partial charge in [0.15, 0.2) is 0 Å². The summed E-state index contributed by atoms with van der Waals surface area (Å²) < 4.78 is 11.5. The fourth-order valence-corrected chi connectivity index (χ4v) is 5.03. The maximum absolute atomic E-state index is 12.2. The molecule has 4 heteroatoms. The predicted molar refractivity (Wildman–Crippen MR) is 72.4 cm³/mol. The molecule has 2 aliphatic carbocycles. The van der Waals surface area contributed by atoms with Gasteiger partial charge in [-0.1, -0.05) is 20.3 Å². The maximum Gasteiger partial charge on any atom is 0.310 e. The molecular weight excluding hydrogens is 256 g/mol. The van der Waals surface area contributed by atoms with E-state index in [1.54, 1.807) is 0 Å². The number of ether oxygens (including phenoxy) is 2. The van der Waals surface area contributed by atoms with Crippen molar-refractivity contribution in [3.8, 4) is 0 Å². The highest BCUT2D eigenvalue weighted by Crippen LogP contribution is 2.62. The van der Waals surface area contributed by atoms with Gasteiger partial charge in [-0.25, -0.2) is 0 Å². The zero-order chi connectivity index (χ0) is 14.1. The second kappa shape index (κ2) is 3.98. The van der Waals surface area contributed by atoms with Crippen LogP contribution in [-0.2, 0) is 14.3 Å². The molecule has 1 N–H and O–H groups in total. The minimum absolute atomic E-state index is 0.145. The Balaban J connectivity index is 1.61. The van der Waals surface area contributed by atoms with Crippen LogP contribution >= 0.6 is 0 Å². The first kappa shape index (κ1) is 13.1. The summed E-state index contributed by atoms with van der Waals surface area (Å²) in [5, 5.41) is 9.99. The Bertz CT molecular complexity index is 446. The Morgan fingerprint density at radius 3 is 2.75 bits per heavy atom. The molecular formula is C16H24O4. The second-order valence-corrected chi connectivity index (χ2v) is 7.78. The molecule has 0 radical (unpaired) electrons. The number of rotatable bonds is 3. The van der Waals surface area contributed by atoms with E-state index in [4.69, 9.17) is 9.47 Å². The van der Waals surface area contributed by atoms with Gasteiger partial charge in [0.2, 0.25) is 0 Å². The minimum Gasteiger partial charge on any atom is -0.481 e. The summed E-state index contributed by atoms with van der Waals surface area (Å²) >= 11 is 0. The largest absolute Gasteiger partial charge is 0.481 e. The molecule has 2 aliphatic heterocycles. The van der Waals surface area contributed by atoms with Crippen LogP contribution in [-0.4, -0.2) is 35.5 Å². The summed E-state index contributed by atoms with van der Waals surface area (Å²) in [6.45, 7) is 4.19. The van der Waals surface area contributed by atoms with Crippen LogP contribution in [0.1, 0.15) is 52.4 Å². The zero-order valence-electron chi connectivity index (χ0n) is 12.3. The molecule has 0 spiro atoms. The van der Waals surface area contributed by atoms with Crippen LogP contribution in [0.25, 0.3) is 0 Å². The Labute approximate surface area is 119 Å². The van der Waals surface area contributed by atoms with E-state index in [2.05, 4.69) is 13.8 Å². The van der Waals surface area contributed by atoms with Crippen LogP contribution in [0.15, 0.2) is 0 Å². The first-order chi connectivity index (χ1) is 9.46. The lowest BCUT2D eigenvalue weighted by molar-refractivity contribution is -0.163. The highest BCUT2D eigenvalue weighted by Gasteiger charge is 2.67. The number of fused-ring (bicyclic) bond motifs is 2. The SMILES string of the molecule is CC1(C)C2OC2CCC1(CC1CCCC2OC12)C(=O)O. The van der Waals surface area contributed by atoms with Gasteiger partial charge in [-0.3, -0.25) is 4.79 Å². The molecule has 0 aromatic heterocycles. The normalized spacial score (nSPS) is 51.8. The van der Waals surface area contributed by atoms with Gasteiger partial charge in [-0.05, 0) is 38.0 Å². The van der Waals surface area contributed by atoms with Crippen molar-refractivity contribution in [2.75, 3.05) is 0 Å². The van der Waals surface area contributed by atoms with E-state index in [-0.39, 0.29) is 11.5 Å². The van der Waals surface area contributed by atoms with Gasteiger partial charge < -0.3 is 14.6 Å². The van der Waals surface area contributed by atoms with Crippen LogP contribution < -0.4 is 0 Å². The van der Waals surface area contributed by atoms with Crippen LogP contribution in [0, 0.1) is 16.7 Å². The first-order valence-corrected chi connectivity index (χ1v) is 8.00. The topological polar surface area (TPSA) is 62.4 Å². The molecule has 4 fully saturated rings. The fourth-order valence-electron chi connectivity index (χ4n) is 5.03. The second-order valence-electron chi connectivity index (χ2n) is 7.78. The lowest BCUT2D eigenvalue weighted by Crippen LogP contribution is -2.52. The number of carboxylic acids is 1. The average molecular weight is 280 g/mol. The lowest BCUT2D eigenvalue weighted by atomic mass is 9.54. The van der Waals surface area contributed by atoms with Crippen molar-refractivity contribution in [3.63, 3.8) is 0 Å². The summed E-state index contributed by atoms with van der Waals surface area (Å²) in [5.74, 6) is -0.196. The van der Waals surface area contributed by atoms with Crippen molar-refractivity contribution in [2.24, 2.45) is 16.7 Å². The van der Waals surface area contributed by atoms with Crippen molar-refractivity contribution in [3.05, 3.63) is 0 Å². The number of epoxide rings is 2. The van der Waals surface area contributed by atoms with E-state index in [0.717, 1.165) is 25.7 Å². The van der Waals surface area contributed by atoms with Crippen molar-refractivity contribution in [2.45, 2.75) is 76.8 Å². The highest BCUT2D eigenvalue weighted by atomic mass is 16.6. The molecule has 0 aromatic carbocycles. The Hall–Kier alpha value is -0.610. The summed E-state index contributed by atoms with van der Waals surface area (Å²) in [6, 6.07) is 0. The predicted octanol–water partition coefficient (Wildman–Crippen LogP) is 2.60. The quantitative estimate of drug-likeness (QED) is 0.807. The third-order valence-electron chi connectivity index (χ3n) is 6.55. The summed E-state index contributed by atoms with van der Waals surface area (Å²) in [5.41, 5.74) is -0.910. The van der Waals surface area contributed by atoms with Gasteiger partial charge in [-0.2, -0.15) is 0 Å². The van der Waals surface area contributed by atoms with Gasteiger partial charge >= 0.3 is 5.97 Å². The molecule has 6 atom stereocenters. The van der Waals surface area contributed by atoms with Crippen LogP contribution in [0.5, 0.6) is 0 Å². The van der Waals surface area contributed by atoms with E-state index in [1.165, 1.54) is 12.8 Å². The molecule has 4 rings (SSSR count). The first-order valence-electron chi connectivity index (χ1n) is 8.00. The maximum atomic E-state index is 12.2. The molecule has 0 aromatic rings. The van der Waals surface area contributed by atoms with E-state index in [0.29, 0.717) is 24.2 Å². The highest BCUT2D eigenvalue weighted by molar-refractivity contribution is 5.76. The van der Waals surface area contributed by atoms with Gasteiger partial charge in [0.25, 0.3) is 0 Å². The molecule has 6 unspecified atom stereocenters. The molecule has 2 saturated carbocycles. The minimum atomic E-state index is -0.636. The third-order valence-corrected chi connectivity index (χ3v) is 6.55. The molecule has 20 heavy (non-hydrogen) atoms. The number of hydrogen-bond donors (Lipinski definition) is 1. The molecule has 2 heterocycles. The molecule has 2 saturated heterocycles. The Morgan fingerprint density at radius 2 is 2.00 bits per heavy atom. The van der Waals surface area contributed by atoms with E-state index < -0.39 is 11.4 Å². The molecule has 112 valence electrons. The zero-order valence-corrected chi connectivity index (χ0v) is 12.3. The van der Waals surface area contributed by atoms with Crippen LogP contribution in [0.4, 0.5) is 0 Å². The summed E-state index contributed by atoms with van der Waals surface area (Å²) in [6.07, 6.45) is 7.13. The smallest absolute Gasteiger partial charge is 0.310 e. The number of aliphatic carboxylic acids is 1. The van der Waals surface area contributed by atoms with Gasteiger partial charge in [0.1, 0.15) is 0 Å². The van der Waals surface area contributed by atoms with E-state index >= 15 is 0 Å². The average Bonchev–Trinajstić information content (AvgIpc) is 3.23. The third kappa shape index (κ3) is 1.64. The molecule has 0 amide bonds. The van der Waals surface area contributed by atoms with Crippen LogP contribution in [0.2, 0.25) is 0 Å². The number of carbonyl (C=O) groups is 1. The van der Waals surface area contributed by atoms with Crippen molar-refractivity contribution >= 4 is 5.97 Å². The number of carboxylic acid groups (broad SMARTS) is 1. The van der Waals surface area contributed by atoms with Crippen LogP contribution in [0.3, 0.4) is 0 Å². The number of hydrogen-bond acceptors (Lipinski definition) is 3. The van der Waals surface area contributed by atoms with Gasteiger partial charge in [0.05, 0.1) is 29.8 Å². The van der Waals surface area contributed by atoms with Crippen molar-refractivity contribution in [1.29, 1.82) is 0 Å². The fraction of sp³-hybridized carbons (Fsp3) is 0.938. The Kier molecular flexibility index (Phi) is 2.60. The summed E-state index contributed by atoms with van der Waals surface area (Å²) in [4.78, 5) is 12.2. The molecule has 0 bridgehead atoms. The van der Waals surface area contributed by atoms with Crippen molar-refractivity contribution < 1.29 is 19.4 Å². The molecule has 4 aliphatic rings. The van der Waals surface area contributed by atoms with Crippen molar-refractivity contribution in [1.82, 2.24) is 0 Å². The van der Waals surface area contributed by atoms with E-state index in [1.807, 2.05) is 0 Å². The van der Waals surface area contributed by atoms with E-state index in [9.17, 15) is 9.90 Å².